The minimum atomic E-state index is 0.0153. The van der Waals surface area contributed by atoms with Crippen LogP contribution in [0.5, 0.6) is 5.75 Å². The summed E-state index contributed by atoms with van der Waals surface area (Å²) >= 11 is 1.44. The number of carbonyl (C=O) groups excluding carboxylic acids is 1. The van der Waals surface area contributed by atoms with Gasteiger partial charge in [0.25, 0.3) is 0 Å². The molecule has 0 spiro atoms. The molecule has 2 N–H and O–H groups in total. The summed E-state index contributed by atoms with van der Waals surface area (Å²) in [5, 5.41) is 8.81. The summed E-state index contributed by atoms with van der Waals surface area (Å²) in [5.74, 6) is 0.801. The Kier molecular flexibility index (Phi) is 4.93. The Bertz CT molecular complexity index is 693. The Morgan fingerprint density at radius 2 is 2.39 bits per heavy atom. The van der Waals surface area contributed by atoms with Crippen LogP contribution >= 0.6 is 11.3 Å². The number of aromatic nitrogens is 1. The topological polar surface area (TPSA) is 63.2 Å². The van der Waals surface area contributed by atoms with E-state index < -0.39 is 0 Å². The van der Waals surface area contributed by atoms with E-state index in [2.05, 4.69) is 15.6 Å². The summed E-state index contributed by atoms with van der Waals surface area (Å²) in [6.45, 7) is 3.04. The Hall–Kier alpha value is -1.92. The van der Waals surface area contributed by atoms with Crippen molar-refractivity contribution in [3.05, 3.63) is 29.1 Å². The molecular formula is C17H21N3O2S. The molecule has 5 nitrogen and oxygen atoms in total. The maximum atomic E-state index is 12.1. The molecule has 2 heterocycles. The first-order valence-corrected chi connectivity index (χ1v) is 8.67. The lowest BCUT2D eigenvalue weighted by molar-refractivity contribution is -0.116. The largest absolute Gasteiger partial charge is 0.496 e. The Balaban J connectivity index is 1.70. The molecule has 122 valence electrons. The predicted octanol–water partition coefficient (Wildman–Crippen LogP) is 3.21. The summed E-state index contributed by atoms with van der Waals surface area (Å²) in [6.07, 6.45) is 2.71. The van der Waals surface area contributed by atoms with Crippen LogP contribution < -0.4 is 15.4 Å². The second-order valence-electron chi connectivity index (χ2n) is 5.79. The summed E-state index contributed by atoms with van der Waals surface area (Å²) in [7, 11) is 1.65. The molecular weight excluding hydrogens is 310 g/mol. The van der Waals surface area contributed by atoms with E-state index in [1.54, 1.807) is 7.11 Å². The molecule has 0 radical (unpaired) electrons. The molecule has 1 unspecified atom stereocenters. The number of amides is 1. The third kappa shape index (κ3) is 3.89. The van der Waals surface area contributed by atoms with Gasteiger partial charge in [0, 0.05) is 23.4 Å². The highest BCUT2D eigenvalue weighted by Gasteiger charge is 2.18. The van der Waals surface area contributed by atoms with E-state index in [1.165, 1.54) is 11.3 Å². The van der Waals surface area contributed by atoms with Gasteiger partial charge < -0.3 is 15.4 Å². The first-order chi connectivity index (χ1) is 11.2. The van der Waals surface area contributed by atoms with Crippen molar-refractivity contribution in [3.8, 4) is 17.0 Å². The van der Waals surface area contributed by atoms with Crippen LogP contribution in [-0.4, -0.2) is 30.6 Å². The van der Waals surface area contributed by atoms with Crippen LogP contribution in [0, 0.1) is 6.92 Å². The second kappa shape index (κ2) is 7.10. The average Bonchev–Trinajstić information content (AvgIpc) is 3.19. The number of anilines is 1. The summed E-state index contributed by atoms with van der Waals surface area (Å²) in [6, 6.07) is 6.29. The van der Waals surface area contributed by atoms with Gasteiger partial charge in [-0.15, -0.1) is 11.3 Å². The van der Waals surface area contributed by atoms with E-state index in [9.17, 15) is 4.79 Å². The van der Waals surface area contributed by atoms with Gasteiger partial charge in [0.15, 0.2) is 5.13 Å². The van der Waals surface area contributed by atoms with Crippen molar-refractivity contribution in [2.75, 3.05) is 19.0 Å². The van der Waals surface area contributed by atoms with Crippen molar-refractivity contribution in [2.24, 2.45) is 0 Å². The van der Waals surface area contributed by atoms with Gasteiger partial charge in [-0.3, -0.25) is 4.79 Å². The zero-order valence-corrected chi connectivity index (χ0v) is 14.2. The van der Waals surface area contributed by atoms with E-state index in [1.807, 2.05) is 30.5 Å². The lowest BCUT2D eigenvalue weighted by Gasteiger charge is -2.09. The normalized spacial score (nSPS) is 17.2. The lowest BCUT2D eigenvalue weighted by Crippen LogP contribution is -2.27. The summed E-state index contributed by atoms with van der Waals surface area (Å²) in [4.78, 5) is 16.6. The number of ether oxygens (including phenoxy) is 1. The van der Waals surface area contributed by atoms with Gasteiger partial charge >= 0.3 is 0 Å². The van der Waals surface area contributed by atoms with Gasteiger partial charge in [0.1, 0.15) is 5.75 Å². The highest BCUT2D eigenvalue weighted by Crippen LogP contribution is 2.33. The number of aryl methyl sites for hydroxylation is 1. The number of hydrogen-bond donors (Lipinski definition) is 2. The van der Waals surface area contributed by atoms with Crippen molar-refractivity contribution in [1.29, 1.82) is 0 Å². The lowest BCUT2D eigenvalue weighted by atomic mass is 10.1. The Morgan fingerprint density at radius 1 is 1.52 bits per heavy atom. The van der Waals surface area contributed by atoms with Crippen LogP contribution in [0.4, 0.5) is 5.13 Å². The zero-order chi connectivity index (χ0) is 16.2. The summed E-state index contributed by atoms with van der Waals surface area (Å²) < 4.78 is 5.40. The molecule has 23 heavy (non-hydrogen) atoms. The number of nitrogens with zero attached hydrogens (tertiary/aromatic N) is 1. The number of carbonyl (C=O) groups is 1. The molecule has 1 aromatic carbocycles. The molecule has 0 aliphatic carbocycles. The van der Waals surface area contributed by atoms with Gasteiger partial charge in [0.2, 0.25) is 5.91 Å². The van der Waals surface area contributed by atoms with Crippen molar-refractivity contribution in [3.63, 3.8) is 0 Å². The van der Waals surface area contributed by atoms with E-state index in [0.717, 1.165) is 42.0 Å². The average molecular weight is 331 g/mol. The van der Waals surface area contributed by atoms with Crippen LogP contribution in [0.3, 0.4) is 0 Å². The quantitative estimate of drug-likeness (QED) is 0.883. The minimum Gasteiger partial charge on any atom is -0.496 e. The number of methoxy groups -OCH3 is 1. The Morgan fingerprint density at radius 3 is 3.13 bits per heavy atom. The second-order valence-corrected chi connectivity index (χ2v) is 6.65. The molecule has 1 atom stereocenters. The molecule has 1 aliphatic heterocycles. The zero-order valence-electron chi connectivity index (χ0n) is 13.4. The monoisotopic (exact) mass is 331 g/mol. The van der Waals surface area contributed by atoms with Gasteiger partial charge in [-0.25, -0.2) is 4.98 Å². The molecule has 0 saturated carbocycles. The molecule has 3 rings (SSSR count). The maximum Gasteiger partial charge on any atom is 0.227 e. The summed E-state index contributed by atoms with van der Waals surface area (Å²) in [5.41, 5.74) is 2.92. The molecule has 2 aromatic rings. The van der Waals surface area contributed by atoms with Crippen molar-refractivity contribution in [2.45, 2.75) is 32.2 Å². The Labute approximate surface area is 140 Å². The standard InChI is InChI=1S/C17H21N3O2S/c1-11-5-6-15(22-2)13(8-11)14-10-23-17(19-14)20-16(21)9-12-4-3-7-18-12/h5-6,8,10,12,18H,3-4,7,9H2,1-2H3,(H,19,20,21). The molecule has 1 saturated heterocycles. The molecule has 1 fully saturated rings. The van der Waals surface area contributed by atoms with Gasteiger partial charge in [0.05, 0.1) is 12.8 Å². The van der Waals surface area contributed by atoms with Gasteiger partial charge in [-0.05, 0) is 38.4 Å². The van der Waals surface area contributed by atoms with Crippen LogP contribution in [0.15, 0.2) is 23.6 Å². The number of benzene rings is 1. The molecule has 1 amide bonds. The fourth-order valence-corrected chi connectivity index (χ4v) is 3.53. The molecule has 6 heteroatoms. The van der Waals surface area contributed by atoms with Crippen LogP contribution in [0.1, 0.15) is 24.8 Å². The first-order valence-electron chi connectivity index (χ1n) is 7.79. The fourth-order valence-electron chi connectivity index (χ4n) is 2.80. The third-order valence-electron chi connectivity index (χ3n) is 3.98. The highest BCUT2D eigenvalue weighted by molar-refractivity contribution is 7.14. The van der Waals surface area contributed by atoms with Crippen LogP contribution in [0.2, 0.25) is 0 Å². The maximum absolute atomic E-state index is 12.1. The van der Waals surface area contributed by atoms with E-state index in [0.29, 0.717) is 17.6 Å². The van der Waals surface area contributed by atoms with E-state index in [4.69, 9.17) is 4.74 Å². The fraction of sp³-hybridized carbons (Fsp3) is 0.412. The van der Waals surface area contributed by atoms with Crippen molar-refractivity contribution < 1.29 is 9.53 Å². The van der Waals surface area contributed by atoms with Gasteiger partial charge in [-0.2, -0.15) is 0 Å². The van der Waals surface area contributed by atoms with E-state index >= 15 is 0 Å². The predicted molar refractivity (Wildman–Crippen MR) is 93.1 cm³/mol. The highest BCUT2D eigenvalue weighted by atomic mass is 32.1. The van der Waals surface area contributed by atoms with Gasteiger partial charge in [-0.1, -0.05) is 11.6 Å². The SMILES string of the molecule is COc1ccc(C)cc1-c1csc(NC(=O)CC2CCCN2)n1. The number of hydrogen-bond acceptors (Lipinski definition) is 5. The molecule has 0 bridgehead atoms. The third-order valence-corrected chi connectivity index (χ3v) is 4.73. The van der Waals surface area contributed by atoms with Crippen molar-refractivity contribution >= 4 is 22.4 Å². The number of rotatable bonds is 5. The molecule has 1 aromatic heterocycles. The van der Waals surface area contributed by atoms with Crippen molar-refractivity contribution in [1.82, 2.24) is 10.3 Å². The first kappa shape index (κ1) is 16.0. The molecule has 1 aliphatic rings. The smallest absolute Gasteiger partial charge is 0.227 e. The number of nitrogens with one attached hydrogen (secondary N) is 2. The van der Waals surface area contributed by atoms with Crippen LogP contribution in [0.25, 0.3) is 11.3 Å². The number of thiazole rings is 1. The van der Waals surface area contributed by atoms with Crippen LogP contribution in [-0.2, 0) is 4.79 Å². The minimum absolute atomic E-state index is 0.0153. The van der Waals surface area contributed by atoms with E-state index in [-0.39, 0.29) is 5.91 Å².